The SMILES string of the molecule is CC(C)Oc1ccccc1[CH]=[Ru]([Cl])[Cl].CCc1cccc(CC)c1N1[C]C(C)(C)CC1(C)C. The van der Waals surface area contributed by atoms with E-state index in [2.05, 4.69) is 71.2 Å². The molecule has 2 aromatic carbocycles. The predicted octanol–water partition coefficient (Wildman–Crippen LogP) is 8.41. The number of ether oxygens (including phenoxy) is 1. The molecule has 0 amide bonds. The van der Waals surface area contributed by atoms with Crippen LogP contribution in [-0.4, -0.2) is 16.3 Å². The van der Waals surface area contributed by atoms with Crippen LogP contribution in [0.2, 0.25) is 0 Å². The van der Waals surface area contributed by atoms with E-state index in [0.29, 0.717) is 0 Å². The maximum atomic E-state index is 5.82. The topological polar surface area (TPSA) is 12.5 Å². The molecule has 0 aromatic heterocycles. The van der Waals surface area contributed by atoms with Gasteiger partial charge in [-0.1, -0.05) is 45.9 Å². The Balaban J connectivity index is 0.000000245. The first-order chi connectivity index (χ1) is 15.4. The first-order valence-electron chi connectivity index (χ1n) is 11.7. The van der Waals surface area contributed by atoms with Crippen molar-refractivity contribution < 1.29 is 18.3 Å². The second kappa shape index (κ2) is 12.2. The van der Waals surface area contributed by atoms with Crippen molar-refractivity contribution in [2.45, 2.75) is 86.3 Å². The summed E-state index contributed by atoms with van der Waals surface area (Å²) in [6.45, 7) is 21.4. The van der Waals surface area contributed by atoms with Crippen molar-refractivity contribution in [2.24, 2.45) is 5.41 Å². The van der Waals surface area contributed by atoms with Crippen LogP contribution in [-0.2, 0) is 26.4 Å². The number of benzene rings is 2. The second-order valence-electron chi connectivity index (χ2n) is 9.96. The van der Waals surface area contributed by atoms with Crippen LogP contribution in [0.1, 0.15) is 78.5 Å². The van der Waals surface area contributed by atoms with Crippen LogP contribution < -0.4 is 9.64 Å². The van der Waals surface area contributed by atoms with Gasteiger partial charge >= 0.3 is 97.8 Å². The van der Waals surface area contributed by atoms with Crippen LogP contribution in [0.15, 0.2) is 42.5 Å². The fourth-order valence-corrected chi connectivity index (χ4v) is 6.33. The molecule has 1 aliphatic heterocycles. The number of nitrogens with zero attached hydrogens (tertiary/aromatic N) is 1. The van der Waals surface area contributed by atoms with Gasteiger partial charge in [0.2, 0.25) is 0 Å². The van der Waals surface area contributed by atoms with E-state index in [1.54, 1.807) is 0 Å². The third-order valence-electron chi connectivity index (χ3n) is 5.55. The van der Waals surface area contributed by atoms with Gasteiger partial charge in [0.15, 0.2) is 0 Å². The number of aryl methyl sites for hydroxylation is 2. The van der Waals surface area contributed by atoms with Crippen LogP contribution in [0.5, 0.6) is 5.75 Å². The molecule has 1 fully saturated rings. The van der Waals surface area contributed by atoms with Gasteiger partial charge in [-0.15, -0.1) is 0 Å². The number of anilines is 1. The molecule has 1 aliphatic rings. The third kappa shape index (κ3) is 8.08. The van der Waals surface area contributed by atoms with Crippen molar-refractivity contribution in [3.8, 4) is 5.75 Å². The van der Waals surface area contributed by atoms with E-state index in [4.69, 9.17) is 24.1 Å². The van der Waals surface area contributed by atoms with Gasteiger partial charge in [-0.2, -0.15) is 0 Å². The van der Waals surface area contributed by atoms with Gasteiger partial charge in [-0.05, 0) is 49.7 Å². The Kier molecular flexibility index (Phi) is 10.5. The zero-order valence-electron chi connectivity index (χ0n) is 21.3. The van der Waals surface area contributed by atoms with E-state index in [1.807, 2.05) is 42.7 Å². The molecule has 0 bridgehead atoms. The zero-order chi connectivity index (χ0) is 24.8. The quantitative estimate of drug-likeness (QED) is 0.320. The molecule has 2 nitrogen and oxygen atoms in total. The molecule has 0 aliphatic carbocycles. The number of hydrogen-bond acceptors (Lipinski definition) is 2. The zero-order valence-corrected chi connectivity index (χ0v) is 24.5. The molecule has 0 unspecified atom stereocenters. The molecule has 0 N–H and O–H groups in total. The molecule has 1 saturated heterocycles. The summed E-state index contributed by atoms with van der Waals surface area (Å²) >= 11 is -1.77. The first kappa shape index (κ1) is 28.4. The van der Waals surface area contributed by atoms with E-state index >= 15 is 0 Å². The van der Waals surface area contributed by atoms with Crippen molar-refractivity contribution in [2.75, 3.05) is 4.90 Å². The Morgan fingerprint density at radius 3 is 2.03 bits per heavy atom. The van der Waals surface area contributed by atoms with Crippen LogP contribution in [0.3, 0.4) is 0 Å². The van der Waals surface area contributed by atoms with Gasteiger partial charge in [0.1, 0.15) is 0 Å². The molecule has 1 heterocycles. The van der Waals surface area contributed by atoms with Crippen LogP contribution in [0, 0.1) is 12.0 Å². The summed E-state index contributed by atoms with van der Waals surface area (Å²) in [6, 6.07) is 14.5. The summed E-state index contributed by atoms with van der Waals surface area (Å²) in [5, 5.41) is 0. The van der Waals surface area contributed by atoms with E-state index in [-0.39, 0.29) is 17.1 Å². The maximum absolute atomic E-state index is 5.82. The van der Waals surface area contributed by atoms with Crippen LogP contribution in [0.4, 0.5) is 5.69 Å². The largest absolute Gasteiger partial charge is 0.355 e. The van der Waals surface area contributed by atoms with Crippen LogP contribution >= 0.6 is 19.4 Å². The fourth-order valence-electron chi connectivity index (χ4n) is 4.52. The normalized spacial score (nSPS) is 16.8. The Bertz CT molecular complexity index is 926. The van der Waals surface area contributed by atoms with E-state index in [9.17, 15) is 0 Å². The number of halogens is 2. The molecule has 5 heteroatoms. The molecular formula is C28H39Cl2NORu. The van der Waals surface area contributed by atoms with Crippen LogP contribution in [0.25, 0.3) is 0 Å². The number of rotatable bonds is 6. The monoisotopic (exact) mass is 577 g/mol. The first-order valence-corrected chi connectivity index (χ1v) is 17.2. The van der Waals surface area contributed by atoms with Crippen molar-refractivity contribution in [1.82, 2.24) is 0 Å². The fraction of sp³-hybridized carbons (Fsp3) is 0.500. The third-order valence-corrected chi connectivity index (χ3v) is 7.38. The summed E-state index contributed by atoms with van der Waals surface area (Å²) in [6.07, 6.45) is 3.48. The summed E-state index contributed by atoms with van der Waals surface area (Å²) in [5.41, 5.74) is 5.59. The predicted molar refractivity (Wildman–Crippen MR) is 142 cm³/mol. The molecule has 0 saturated carbocycles. The maximum Gasteiger partial charge on any atom is 0.0980 e. The number of para-hydroxylation sites is 2. The minimum atomic E-state index is -1.77. The Morgan fingerprint density at radius 2 is 1.58 bits per heavy atom. The Hall–Kier alpha value is -0.887. The van der Waals surface area contributed by atoms with Gasteiger partial charge in [0, 0.05) is 11.2 Å². The van der Waals surface area contributed by atoms with Crippen molar-refractivity contribution in [3.05, 3.63) is 65.7 Å². The summed E-state index contributed by atoms with van der Waals surface area (Å²) in [7, 11) is 11.6. The smallest absolute Gasteiger partial charge is 0.0980 e. The summed E-state index contributed by atoms with van der Waals surface area (Å²) in [5.74, 6) is 0.850. The Labute approximate surface area is 215 Å². The number of hydrogen-bond donors (Lipinski definition) is 0. The molecule has 2 aromatic rings. The van der Waals surface area contributed by atoms with E-state index in [1.165, 1.54) is 16.8 Å². The molecule has 2 radical (unpaired) electrons. The molecule has 0 spiro atoms. The molecule has 3 rings (SSSR count). The summed E-state index contributed by atoms with van der Waals surface area (Å²) < 4.78 is 7.51. The van der Waals surface area contributed by atoms with E-state index in [0.717, 1.165) is 30.6 Å². The average Bonchev–Trinajstić information content (AvgIpc) is 2.95. The second-order valence-corrected chi connectivity index (χ2v) is 15.7. The standard InChI is InChI=1S/C18H27N.C10H12O.2ClH.Ru/c1-7-14-10-9-11-15(8-2)16(14)19-13-17(3,4)12-18(19,5)6;1-8(2)11-10-7-5-4-6-9(10)3;;;/h9-11H,7-8,12H2,1-6H3;3-8H,1-2H3;2*1H;/q;;;;+2/p-2. The molecule has 33 heavy (non-hydrogen) atoms. The van der Waals surface area contributed by atoms with Gasteiger partial charge < -0.3 is 4.90 Å². The van der Waals surface area contributed by atoms with Gasteiger partial charge in [-0.3, -0.25) is 0 Å². The van der Waals surface area contributed by atoms with Gasteiger partial charge in [-0.25, -0.2) is 0 Å². The van der Waals surface area contributed by atoms with Crippen molar-refractivity contribution in [3.63, 3.8) is 0 Å². The summed E-state index contributed by atoms with van der Waals surface area (Å²) in [4.78, 5) is 2.42. The molecule has 184 valence electrons. The van der Waals surface area contributed by atoms with Gasteiger partial charge in [0.05, 0.1) is 6.54 Å². The molecule has 0 atom stereocenters. The minimum Gasteiger partial charge on any atom is -0.355 e. The van der Waals surface area contributed by atoms with E-state index < -0.39 is 13.5 Å². The average molecular weight is 578 g/mol. The Morgan fingerprint density at radius 1 is 1.00 bits per heavy atom. The van der Waals surface area contributed by atoms with Crippen molar-refractivity contribution in [1.29, 1.82) is 0 Å². The minimum absolute atomic E-state index is 0.151. The molecular weight excluding hydrogens is 538 g/mol. The van der Waals surface area contributed by atoms with Crippen molar-refractivity contribution >= 4 is 29.7 Å². The van der Waals surface area contributed by atoms with Gasteiger partial charge in [0.25, 0.3) is 0 Å².